The molecule has 0 aromatic heterocycles. The van der Waals surface area contributed by atoms with Crippen LogP contribution < -0.4 is 16.8 Å². The minimum absolute atomic E-state index is 0.303. The first kappa shape index (κ1) is 24.8. The van der Waals surface area contributed by atoms with E-state index in [1.54, 1.807) is 60.7 Å². The Morgan fingerprint density at radius 3 is 1.76 bits per heavy atom. The van der Waals surface area contributed by atoms with Crippen LogP contribution in [0.25, 0.3) is 0 Å². The number of amides is 4. The van der Waals surface area contributed by atoms with Crippen LogP contribution >= 0.6 is 0 Å². The van der Waals surface area contributed by atoms with Gasteiger partial charge in [-0.1, -0.05) is 60.7 Å². The zero-order valence-electron chi connectivity index (χ0n) is 16.7. The number of urea groups is 1. The minimum Gasteiger partial charge on any atom is -0.475 e. The SMILES string of the molecule is NC(N)=NCC(=O)N1C(=O)NC(c2ccccc2)(c2ccccc2)C1=O.O=C(O)C(F)(F)F. The molecule has 0 saturated carbocycles. The third kappa shape index (κ3) is 5.44. The van der Waals surface area contributed by atoms with E-state index in [0.29, 0.717) is 16.0 Å². The smallest absolute Gasteiger partial charge is 0.475 e. The quantitative estimate of drug-likeness (QED) is 0.296. The summed E-state index contributed by atoms with van der Waals surface area (Å²) in [6.45, 7) is -0.499. The number of halogens is 3. The number of carboxylic acid groups (broad SMARTS) is 1. The Bertz CT molecular complexity index is 1030. The van der Waals surface area contributed by atoms with E-state index in [-0.39, 0.29) is 5.96 Å². The van der Waals surface area contributed by atoms with E-state index in [9.17, 15) is 27.6 Å². The zero-order chi connectivity index (χ0) is 24.8. The second kappa shape index (κ2) is 9.80. The number of carboxylic acids is 1. The van der Waals surface area contributed by atoms with Crippen LogP contribution in [0.1, 0.15) is 11.1 Å². The largest absolute Gasteiger partial charge is 0.490 e. The molecule has 174 valence electrons. The number of rotatable bonds is 4. The molecule has 1 heterocycles. The number of hydrogen-bond acceptors (Lipinski definition) is 5. The molecule has 13 heteroatoms. The minimum atomic E-state index is -5.08. The van der Waals surface area contributed by atoms with Crippen molar-refractivity contribution in [2.75, 3.05) is 6.54 Å². The van der Waals surface area contributed by atoms with Crippen molar-refractivity contribution < 1.29 is 37.5 Å². The lowest BCUT2D eigenvalue weighted by atomic mass is 9.82. The Morgan fingerprint density at radius 1 is 0.970 bits per heavy atom. The first-order chi connectivity index (χ1) is 15.4. The highest BCUT2D eigenvalue weighted by molar-refractivity contribution is 6.20. The molecule has 2 aromatic carbocycles. The number of hydrogen-bond donors (Lipinski definition) is 4. The molecule has 1 aliphatic rings. The molecule has 4 amide bonds. The van der Waals surface area contributed by atoms with Crippen molar-refractivity contribution in [2.45, 2.75) is 11.7 Å². The van der Waals surface area contributed by atoms with Crippen LogP contribution in [0.2, 0.25) is 0 Å². The molecule has 3 rings (SSSR count). The molecule has 1 saturated heterocycles. The van der Waals surface area contributed by atoms with Crippen molar-refractivity contribution in [3.05, 3.63) is 71.8 Å². The van der Waals surface area contributed by atoms with Gasteiger partial charge in [0.05, 0.1) is 0 Å². The molecule has 33 heavy (non-hydrogen) atoms. The van der Waals surface area contributed by atoms with E-state index in [1.807, 2.05) is 0 Å². The monoisotopic (exact) mass is 465 g/mol. The molecule has 0 atom stereocenters. The summed E-state index contributed by atoms with van der Waals surface area (Å²) in [5.74, 6) is -4.57. The van der Waals surface area contributed by atoms with Gasteiger partial charge in [0.25, 0.3) is 11.8 Å². The van der Waals surface area contributed by atoms with E-state index < -0.39 is 42.1 Å². The number of carbonyl (C=O) groups excluding carboxylic acids is 3. The first-order valence-electron chi connectivity index (χ1n) is 9.07. The number of imide groups is 3. The Morgan fingerprint density at radius 2 is 1.39 bits per heavy atom. The molecule has 2 aromatic rings. The van der Waals surface area contributed by atoms with Gasteiger partial charge >= 0.3 is 18.2 Å². The first-order valence-corrected chi connectivity index (χ1v) is 9.07. The third-order valence-corrected chi connectivity index (χ3v) is 4.32. The van der Waals surface area contributed by atoms with Crippen LogP contribution in [-0.2, 0) is 19.9 Å². The normalized spacial score (nSPS) is 14.6. The average molecular weight is 465 g/mol. The molecular weight excluding hydrogens is 447 g/mol. The Hall–Kier alpha value is -4.42. The number of alkyl halides is 3. The summed E-state index contributed by atoms with van der Waals surface area (Å²) >= 11 is 0. The van der Waals surface area contributed by atoms with Crippen molar-refractivity contribution in [3.8, 4) is 0 Å². The fourth-order valence-electron chi connectivity index (χ4n) is 2.92. The fourth-order valence-corrected chi connectivity index (χ4v) is 2.92. The predicted molar refractivity (Wildman–Crippen MR) is 108 cm³/mol. The van der Waals surface area contributed by atoms with Crippen molar-refractivity contribution in [2.24, 2.45) is 16.5 Å². The molecule has 0 spiro atoms. The van der Waals surface area contributed by atoms with Crippen LogP contribution in [-0.4, -0.2) is 52.5 Å². The number of carbonyl (C=O) groups is 4. The number of aliphatic carboxylic acids is 1. The zero-order valence-corrected chi connectivity index (χ0v) is 16.7. The molecule has 0 radical (unpaired) electrons. The standard InChI is InChI=1S/C18H17N5O3.C2HF3O2/c19-16(20)21-11-14(24)23-15(25)18(22-17(23)26,12-7-3-1-4-8-12)13-9-5-2-6-10-13;3-2(4,5)1(6)7/h1-10H,11H2,(H,22,26)(H4,19,20,21);(H,6,7). The topological polar surface area (TPSA) is 168 Å². The third-order valence-electron chi connectivity index (χ3n) is 4.32. The lowest BCUT2D eigenvalue weighted by Crippen LogP contribution is -2.46. The molecule has 0 bridgehead atoms. The molecule has 10 nitrogen and oxygen atoms in total. The summed E-state index contributed by atoms with van der Waals surface area (Å²) in [7, 11) is 0. The van der Waals surface area contributed by atoms with Gasteiger partial charge < -0.3 is 21.9 Å². The number of aliphatic imine (C=N–C) groups is 1. The molecular formula is C20H18F3N5O5. The van der Waals surface area contributed by atoms with Gasteiger partial charge in [0.2, 0.25) is 0 Å². The highest BCUT2D eigenvalue weighted by Gasteiger charge is 2.55. The van der Waals surface area contributed by atoms with E-state index in [2.05, 4.69) is 10.3 Å². The molecule has 0 unspecified atom stereocenters. The maximum atomic E-state index is 13.2. The molecule has 1 aliphatic heterocycles. The van der Waals surface area contributed by atoms with Crippen molar-refractivity contribution in [1.29, 1.82) is 0 Å². The van der Waals surface area contributed by atoms with Crippen LogP contribution in [0.4, 0.5) is 18.0 Å². The number of nitrogens with zero attached hydrogens (tertiary/aromatic N) is 2. The average Bonchev–Trinajstić information content (AvgIpc) is 3.04. The van der Waals surface area contributed by atoms with Gasteiger partial charge in [0.15, 0.2) is 11.5 Å². The van der Waals surface area contributed by atoms with Crippen LogP contribution in [0.5, 0.6) is 0 Å². The molecule has 0 aliphatic carbocycles. The fraction of sp³-hybridized carbons (Fsp3) is 0.150. The van der Waals surface area contributed by atoms with Crippen LogP contribution in [0.15, 0.2) is 65.7 Å². The van der Waals surface area contributed by atoms with Crippen molar-refractivity contribution >= 4 is 29.8 Å². The highest BCUT2D eigenvalue weighted by atomic mass is 19.4. The van der Waals surface area contributed by atoms with Crippen molar-refractivity contribution in [3.63, 3.8) is 0 Å². The van der Waals surface area contributed by atoms with Gasteiger partial charge in [-0.05, 0) is 11.1 Å². The lowest BCUT2D eigenvalue weighted by molar-refractivity contribution is -0.192. The number of nitrogens with one attached hydrogen (secondary N) is 1. The highest BCUT2D eigenvalue weighted by Crippen LogP contribution is 2.36. The summed E-state index contributed by atoms with van der Waals surface area (Å²) in [6, 6.07) is 16.7. The van der Waals surface area contributed by atoms with Gasteiger partial charge in [-0.15, -0.1) is 0 Å². The van der Waals surface area contributed by atoms with E-state index in [0.717, 1.165) is 0 Å². The van der Waals surface area contributed by atoms with Gasteiger partial charge in [0.1, 0.15) is 6.54 Å². The maximum Gasteiger partial charge on any atom is 0.490 e. The predicted octanol–water partition coefficient (Wildman–Crippen LogP) is 0.915. The molecule has 1 fully saturated rings. The van der Waals surface area contributed by atoms with Gasteiger partial charge in [0, 0.05) is 0 Å². The summed E-state index contributed by atoms with van der Waals surface area (Å²) in [4.78, 5) is 51.1. The molecule has 6 N–H and O–H groups in total. The number of benzene rings is 2. The van der Waals surface area contributed by atoms with Crippen LogP contribution in [0, 0.1) is 0 Å². The van der Waals surface area contributed by atoms with E-state index >= 15 is 0 Å². The number of guanidine groups is 1. The Kier molecular flexibility index (Phi) is 7.38. The van der Waals surface area contributed by atoms with Crippen molar-refractivity contribution in [1.82, 2.24) is 10.2 Å². The maximum absolute atomic E-state index is 13.2. The number of nitrogens with two attached hydrogens (primary N) is 2. The summed E-state index contributed by atoms with van der Waals surface area (Å²) in [6.07, 6.45) is -5.08. The Balaban J connectivity index is 0.000000479. The second-order valence-corrected chi connectivity index (χ2v) is 6.49. The summed E-state index contributed by atoms with van der Waals surface area (Å²) < 4.78 is 31.7. The lowest BCUT2D eigenvalue weighted by Gasteiger charge is -2.27. The van der Waals surface area contributed by atoms with E-state index in [1.165, 1.54) is 0 Å². The van der Waals surface area contributed by atoms with Gasteiger partial charge in [-0.25, -0.2) is 14.6 Å². The second-order valence-electron chi connectivity index (χ2n) is 6.49. The summed E-state index contributed by atoms with van der Waals surface area (Å²) in [5.41, 5.74) is 10.0. The van der Waals surface area contributed by atoms with Gasteiger partial charge in [-0.3, -0.25) is 9.59 Å². The van der Waals surface area contributed by atoms with Gasteiger partial charge in [-0.2, -0.15) is 18.1 Å². The summed E-state index contributed by atoms with van der Waals surface area (Å²) in [5, 5.41) is 9.80. The van der Waals surface area contributed by atoms with Crippen LogP contribution in [0.3, 0.4) is 0 Å². The Labute approximate surface area is 184 Å². The van der Waals surface area contributed by atoms with E-state index in [4.69, 9.17) is 21.4 Å².